The Kier molecular flexibility index (Phi) is 5.55. The quantitative estimate of drug-likeness (QED) is 0.779. The van der Waals surface area contributed by atoms with Crippen LogP contribution in [0.5, 0.6) is 0 Å². The summed E-state index contributed by atoms with van der Waals surface area (Å²) in [5, 5.41) is 0.416. The number of alkyl halides is 3. The van der Waals surface area contributed by atoms with E-state index in [4.69, 9.17) is 16.3 Å². The number of nitrogens with one attached hydrogen (secondary N) is 1. The zero-order valence-electron chi connectivity index (χ0n) is 14.1. The van der Waals surface area contributed by atoms with Gasteiger partial charge in [-0.2, -0.15) is 13.2 Å². The third-order valence-electron chi connectivity index (χ3n) is 3.97. The van der Waals surface area contributed by atoms with Gasteiger partial charge < -0.3 is 4.74 Å². The summed E-state index contributed by atoms with van der Waals surface area (Å²) in [6.45, 7) is -0.230. The van der Waals surface area contributed by atoms with Crippen LogP contribution in [-0.4, -0.2) is 33.7 Å². The minimum atomic E-state index is -4.66. The third-order valence-corrected chi connectivity index (χ3v) is 5.62. The molecule has 3 rings (SSSR count). The summed E-state index contributed by atoms with van der Waals surface area (Å²) < 4.78 is 70.2. The number of benzene rings is 2. The number of nitrogens with zero attached hydrogens (tertiary/aromatic N) is 1. The number of sulfonamides is 1. The van der Waals surface area contributed by atoms with Crippen molar-refractivity contribution >= 4 is 33.4 Å². The third kappa shape index (κ3) is 4.57. The molecule has 1 amide bonds. The van der Waals surface area contributed by atoms with Crippen LogP contribution in [0.1, 0.15) is 5.56 Å². The lowest BCUT2D eigenvalue weighted by Gasteiger charge is -2.14. The zero-order valence-corrected chi connectivity index (χ0v) is 15.7. The van der Waals surface area contributed by atoms with E-state index in [2.05, 4.69) is 4.72 Å². The first kappa shape index (κ1) is 20.4. The van der Waals surface area contributed by atoms with E-state index < -0.39 is 38.9 Å². The fourth-order valence-corrected chi connectivity index (χ4v) is 3.90. The van der Waals surface area contributed by atoms with Gasteiger partial charge in [-0.05, 0) is 36.4 Å². The van der Waals surface area contributed by atoms with Crippen molar-refractivity contribution in [1.29, 1.82) is 0 Å². The molecular formula is C17H14ClF3N2O4S. The molecule has 150 valence electrons. The maximum absolute atomic E-state index is 12.8. The van der Waals surface area contributed by atoms with E-state index in [0.717, 1.165) is 18.2 Å². The maximum atomic E-state index is 12.8. The van der Waals surface area contributed by atoms with Gasteiger partial charge in [0.15, 0.2) is 0 Å². The Bertz CT molecular complexity index is 998. The van der Waals surface area contributed by atoms with Crippen molar-refractivity contribution in [3.63, 3.8) is 0 Å². The lowest BCUT2D eigenvalue weighted by molar-refractivity contribution is -0.137. The van der Waals surface area contributed by atoms with Gasteiger partial charge in [0.1, 0.15) is 6.10 Å². The second kappa shape index (κ2) is 7.61. The van der Waals surface area contributed by atoms with Gasteiger partial charge in [0.25, 0.3) is 0 Å². The van der Waals surface area contributed by atoms with Gasteiger partial charge in [-0.3, -0.25) is 4.90 Å². The molecule has 1 atom stereocenters. The molecular weight excluding hydrogens is 421 g/mol. The summed E-state index contributed by atoms with van der Waals surface area (Å²) in [6.07, 6.45) is -6.15. The zero-order chi connectivity index (χ0) is 20.5. The lowest BCUT2D eigenvalue weighted by Crippen LogP contribution is -2.34. The second-order valence-corrected chi connectivity index (χ2v) is 8.18. The first-order valence-electron chi connectivity index (χ1n) is 7.97. The highest BCUT2D eigenvalue weighted by Crippen LogP contribution is 2.30. The fraction of sp³-hybridized carbons (Fsp3) is 0.235. The molecule has 2 aromatic carbocycles. The first-order valence-corrected chi connectivity index (χ1v) is 9.83. The Hall–Kier alpha value is -2.30. The van der Waals surface area contributed by atoms with Gasteiger partial charge in [-0.15, -0.1) is 0 Å². The SMILES string of the molecule is O=C1O[C@H](CNS(=O)(=O)c2cccc(C(F)(F)F)c2)CN1c1cccc(Cl)c1. The highest BCUT2D eigenvalue weighted by molar-refractivity contribution is 7.89. The van der Waals surface area contributed by atoms with Crippen molar-refractivity contribution in [2.24, 2.45) is 0 Å². The molecule has 1 saturated heterocycles. The van der Waals surface area contributed by atoms with Crippen molar-refractivity contribution < 1.29 is 31.1 Å². The van der Waals surface area contributed by atoms with E-state index in [0.29, 0.717) is 16.8 Å². The number of cyclic esters (lactones) is 1. The van der Waals surface area contributed by atoms with Crippen LogP contribution in [0.2, 0.25) is 5.02 Å². The summed E-state index contributed by atoms with van der Waals surface area (Å²) in [5.74, 6) is 0. The number of anilines is 1. The molecule has 1 heterocycles. The normalized spacial score (nSPS) is 17.6. The molecule has 1 N–H and O–H groups in total. The Morgan fingerprint density at radius 1 is 1.18 bits per heavy atom. The van der Waals surface area contributed by atoms with E-state index in [1.54, 1.807) is 24.3 Å². The molecule has 0 bridgehead atoms. The Balaban J connectivity index is 1.68. The number of carbonyl (C=O) groups excluding carboxylic acids is 1. The molecule has 0 spiro atoms. The number of ether oxygens (including phenoxy) is 1. The van der Waals surface area contributed by atoms with Crippen LogP contribution in [0.25, 0.3) is 0 Å². The molecule has 28 heavy (non-hydrogen) atoms. The summed E-state index contributed by atoms with van der Waals surface area (Å²) in [4.78, 5) is 12.8. The van der Waals surface area contributed by atoms with Crippen LogP contribution in [0.3, 0.4) is 0 Å². The number of carbonyl (C=O) groups is 1. The van der Waals surface area contributed by atoms with E-state index in [1.165, 1.54) is 4.90 Å². The van der Waals surface area contributed by atoms with Crippen LogP contribution in [0.4, 0.5) is 23.7 Å². The van der Waals surface area contributed by atoms with Gasteiger partial charge in [-0.25, -0.2) is 17.9 Å². The summed E-state index contributed by atoms with van der Waals surface area (Å²) >= 11 is 5.89. The molecule has 0 aromatic heterocycles. The first-order chi connectivity index (χ1) is 13.1. The van der Waals surface area contributed by atoms with E-state index >= 15 is 0 Å². The molecule has 0 unspecified atom stereocenters. The van der Waals surface area contributed by atoms with Crippen molar-refractivity contribution in [2.75, 3.05) is 18.0 Å². The highest BCUT2D eigenvalue weighted by Gasteiger charge is 2.34. The van der Waals surface area contributed by atoms with Gasteiger partial charge in [0.05, 0.1) is 17.0 Å². The standard InChI is InChI=1S/C17H14ClF3N2O4S/c18-12-4-2-5-13(8-12)23-10-14(27-16(23)24)9-22-28(25,26)15-6-1-3-11(7-15)17(19,20)21/h1-8,14,22H,9-10H2/t14-/m1/s1. The van der Waals surface area contributed by atoms with E-state index in [9.17, 15) is 26.4 Å². The van der Waals surface area contributed by atoms with Crippen molar-refractivity contribution in [2.45, 2.75) is 17.2 Å². The van der Waals surface area contributed by atoms with Gasteiger partial charge in [0.2, 0.25) is 10.0 Å². The molecule has 1 aliphatic heterocycles. The summed E-state index contributed by atoms with van der Waals surface area (Å²) in [5.41, 5.74) is -0.587. The molecule has 2 aromatic rings. The molecule has 1 aliphatic rings. The number of hydrogen-bond acceptors (Lipinski definition) is 4. The van der Waals surface area contributed by atoms with Crippen LogP contribution in [-0.2, 0) is 20.9 Å². The highest BCUT2D eigenvalue weighted by atomic mass is 35.5. The van der Waals surface area contributed by atoms with Gasteiger partial charge in [-0.1, -0.05) is 23.7 Å². The Labute approximate surface area is 163 Å². The molecule has 1 fully saturated rings. The average Bonchev–Trinajstić information content (AvgIpc) is 3.00. The van der Waals surface area contributed by atoms with Crippen LogP contribution < -0.4 is 9.62 Å². The Morgan fingerprint density at radius 3 is 2.57 bits per heavy atom. The van der Waals surface area contributed by atoms with Crippen molar-refractivity contribution in [3.8, 4) is 0 Å². The molecule has 6 nitrogen and oxygen atoms in total. The predicted octanol–water partition coefficient (Wildman–Crippen LogP) is 3.66. The fourth-order valence-electron chi connectivity index (χ4n) is 2.61. The summed E-state index contributed by atoms with van der Waals surface area (Å²) in [6, 6.07) is 9.86. The van der Waals surface area contributed by atoms with Crippen LogP contribution in [0, 0.1) is 0 Å². The average molecular weight is 435 g/mol. The maximum Gasteiger partial charge on any atom is 0.416 e. The van der Waals surface area contributed by atoms with Crippen LogP contribution >= 0.6 is 11.6 Å². The minimum Gasteiger partial charge on any atom is -0.443 e. The van der Waals surface area contributed by atoms with Gasteiger partial charge >= 0.3 is 12.3 Å². The predicted molar refractivity (Wildman–Crippen MR) is 95.7 cm³/mol. The number of halogens is 4. The number of amides is 1. The van der Waals surface area contributed by atoms with Gasteiger partial charge in [0, 0.05) is 17.3 Å². The molecule has 0 saturated carbocycles. The largest absolute Gasteiger partial charge is 0.443 e. The second-order valence-electron chi connectivity index (χ2n) is 5.97. The smallest absolute Gasteiger partial charge is 0.416 e. The number of hydrogen-bond donors (Lipinski definition) is 1. The van der Waals surface area contributed by atoms with E-state index in [-0.39, 0.29) is 13.1 Å². The lowest BCUT2D eigenvalue weighted by atomic mass is 10.2. The minimum absolute atomic E-state index is 0.0598. The molecule has 0 aliphatic carbocycles. The molecule has 0 radical (unpaired) electrons. The van der Waals surface area contributed by atoms with E-state index in [1.807, 2.05) is 0 Å². The van der Waals surface area contributed by atoms with Crippen LogP contribution in [0.15, 0.2) is 53.4 Å². The van der Waals surface area contributed by atoms with Crippen molar-refractivity contribution in [1.82, 2.24) is 4.72 Å². The molecule has 11 heteroatoms. The topological polar surface area (TPSA) is 75.7 Å². The Morgan fingerprint density at radius 2 is 1.89 bits per heavy atom. The number of rotatable bonds is 5. The monoisotopic (exact) mass is 434 g/mol. The van der Waals surface area contributed by atoms with Crippen molar-refractivity contribution in [3.05, 3.63) is 59.1 Å². The summed E-state index contributed by atoms with van der Waals surface area (Å²) in [7, 11) is -4.22.